The third kappa shape index (κ3) is 2.44. The summed E-state index contributed by atoms with van der Waals surface area (Å²) in [7, 11) is 0. The van der Waals surface area contributed by atoms with Crippen molar-refractivity contribution >= 4 is 11.8 Å². The summed E-state index contributed by atoms with van der Waals surface area (Å²) in [4.78, 5) is 8.17. The molecule has 1 aliphatic carbocycles. The van der Waals surface area contributed by atoms with E-state index in [1.807, 2.05) is 12.1 Å². The molecule has 25 heavy (non-hydrogen) atoms. The zero-order chi connectivity index (χ0) is 16.8. The molecule has 0 amide bonds. The minimum atomic E-state index is -0.224. The number of nitrogens with zero attached hydrogens (tertiary/aromatic N) is 1. The van der Waals surface area contributed by atoms with Crippen LogP contribution in [-0.2, 0) is 6.42 Å². The topological polar surface area (TPSA) is 52.7 Å². The van der Waals surface area contributed by atoms with Gasteiger partial charge in [0.15, 0.2) is 0 Å². The van der Waals surface area contributed by atoms with Crippen LogP contribution < -0.4 is 10.9 Å². The number of rotatable bonds is 2. The van der Waals surface area contributed by atoms with E-state index in [0.717, 1.165) is 46.7 Å². The van der Waals surface area contributed by atoms with Gasteiger partial charge in [0.25, 0.3) is 0 Å². The van der Waals surface area contributed by atoms with Crippen molar-refractivity contribution in [3.63, 3.8) is 0 Å². The van der Waals surface area contributed by atoms with Crippen molar-refractivity contribution in [1.82, 2.24) is 15.4 Å². The van der Waals surface area contributed by atoms with Gasteiger partial charge in [-0.1, -0.05) is 18.2 Å². The van der Waals surface area contributed by atoms with Crippen LogP contribution in [0.4, 0.5) is 10.1 Å². The van der Waals surface area contributed by atoms with Gasteiger partial charge in [0, 0.05) is 16.8 Å². The molecule has 1 atom stereocenters. The van der Waals surface area contributed by atoms with E-state index in [4.69, 9.17) is 4.98 Å². The molecule has 3 aromatic rings. The number of imidazole rings is 1. The molecular weight excluding hydrogens is 315 g/mol. The maximum Gasteiger partial charge on any atom is 0.138 e. The molecule has 0 spiro atoms. The van der Waals surface area contributed by atoms with E-state index in [-0.39, 0.29) is 11.9 Å². The number of hydrogen-bond donors (Lipinski definition) is 3. The van der Waals surface area contributed by atoms with Gasteiger partial charge in [0.2, 0.25) is 0 Å². The Morgan fingerprint density at radius 2 is 1.96 bits per heavy atom. The number of hydrogen-bond acceptors (Lipinski definition) is 3. The molecule has 0 saturated carbocycles. The highest BCUT2D eigenvalue weighted by atomic mass is 19.1. The van der Waals surface area contributed by atoms with Crippen molar-refractivity contribution in [3.8, 4) is 11.4 Å². The van der Waals surface area contributed by atoms with E-state index >= 15 is 0 Å². The number of anilines is 1. The van der Waals surface area contributed by atoms with Gasteiger partial charge in [-0.05, 0) is 54.8 Å². The van der Waals surface area contributed by atoms with Crippen molar-refractivity contribution < 1.29 is 4.39 Å². The molecule has 1 unspecified atom stereocenters. The lowest BCUT2D eigenvalue weighted by atomic mass is 9.97. The molecule has 0 fully saturated rings. The SMILES string of the molecule is Fc1ccc(C2NNc3ccc(-c4nc5c([nH]4)CCC=C5)cc32)cc1. The van der Waals surface area contributed by atoms with E-state index in [1.54, 1.807) is 0 Å². The highest BCUT2D eigenvalue weighted by Crippen LogP contribution is 2.36. The predicted octanol–water partition coefficient (Wildman–Crippen LogP) is 4.19. The zero-order valence-corrected chi connectivity index (χ0v) is 13.5. The maximum atomic E-state index is 13.2. The number of aromatic nitrogens is 2. The second-order valence-electron chi connectivity index (χ2n) is 6.45. The highest BCUT2D eigenvalue weighted by Gasteiger charge is 2.24. The summed E-state index contributed by atoms with van der Waals surface area (Å²) in [5.41, 5.74) is 13.0. The standard InChI is InChI=1S/C20H17FN4/c21-14-8-5-12(6-9-14)19-15-11-13(7-10-16(15)24-25-19)20-22-17-3-1-2-4-18(17)23-20/h1,3,5-11,19,24-25H,2,4H2,(H,22,23). The van der Waals surface area contributed by atoms with Gasteiger partial charge in [0.1, 0.15) is 11.6 Å². The van der Waals surface area contributed by atoms with Crippen LogP contribution in [0.25, 0.3) is 17.5 Å². The van der Waals surface area contributed by atoms with Crippen molar-refractivity contribution in [2.24, 2.45) is 0 Å². The van der Waals surface area contributed by atoms with Crippen LogP contribution in [0, 0.1) is 5.82 Å². The van der Waals surface area contributed by atoms with Gasteiger partial charge >= 0.3 is 0 Å². The summed E-state index contributed by atoms with van der Waals surface area (Å²) in [6.07, 6.45) is 6.30. The number of fused-ring (bicyclic) bond motifs is 2. The minimum Gasteiger partial charge on any atom is -0.341 e. The second-order valence-corrected chi connectivity index (χ2v) is 6.45. The average molecular weight is 332 g/mol. The monoisotopic (exact) mass is 332 g/mol. The normalized spacial score (nSPS) is 17.9. The summed E-state index contributed by atoms with van der Waals surface area (Å²) in [5.74, 6) is 0.669. The molecule has 5 rings (SSSR count). The largest absolute Gasteiger partial charge is 0.341 e. The van der Waals surface area contributed by atoms with Crippen LogP contribution in [0.1, 0.15) is 35.0 Å². The zero-order valence-electron chi connectivity index (χ0n) is 13.5. The fraction of sp³-hybridized carbons (Fsp3) is 0.150. The Balaban J connectivity index is 1.54. The molecule has 0 bridgehead atoms. The quantitative estimate of drug-likeness (QED) is 0.659. The van der Waals surface area contributed by atoms with Crippen LogP contribution in [-0.4, -0.2) is 9.97 Å². The lowest BCUT2D eigenvalue weighted by Gasteiger charge is -2.11. The first-order valence-corrected chi connectivity index (χ1v) is 8.45. The molecule has 124 valence electrons. The summed E-state index contributed by atoms with van der Waals surface area (Å²) >= 11 is 0. The van der Waals surface area contributed by atoms with E-state index < -0.39 is 0 Å². The molecule has 2 aliphatic rings. The van der Waals surface area contributed by atoms with Crippen molar-refractivity contribution in [2.45, 2.75) is 18.9 Å². The van der Waals surface area contributed by atoms with Crippen molar-refractivity contribution in [3.05, 3.63) is 76.9 Å². The molecule has 4 nitrogen and oxygen atoms in total. The molecule has 2 heterocycles. The number of aromatic amines is 1. The first-order valence-electron chi connectivity index (χ1n) is 8.45. The molecular formula is C20H17FN4. The summed E-state index contributed by atoms with van der Waals surface area (Å²) < 4.78 is 13.2. The molecule has 3 N–H and O–H groups in total. The molecule has 0 saturated heterocycles. The Hall–Kier alpha value is -2.92. The van der Waals surface area contributed by atoms with Crippen molar-refractivity contribution in [2.75, 3.05) is 5.43 Å². The molecule has 1 aliphatic heterocycles. The predicted molar refractivity (Wildman–Crippen MR) is 96.4 cm³/mol. The first-order chi connectivity index (χ1) is 12.3. The van der Waals surface area contributed by atoms with Gasteiger partial charge < -0.3 is 10.4 Å². The van der Waals surface area contributed by atoms with Crippen LogP contribution in [0.2, 0.25) is 0 Å². The fourth-order valence-corrected chi connectivity index (χ4v) is 3.52. The molecule has 0 radical (unpaired) electrons. The van der Waals surface area contributed by atoms with Gasteiger partial charge in [-0.3, -0.25) is 0 Å². The third-order valence-electron chi connectivity index (χ3n) is 4.84. The third-order valence-corrected chi connectivity index (χ3v) is 4.84. The van der Waals surface area contributed by atoms with Crippen LogP contribution in [0.15, 0.2) is 48.5 Å². The Kier molecular flexibility index (Phi) is 3.21. The summed E-state index contributed by atoms with van der Waals surface area (Å²) in [6, 6.07) is 12.9. The van der Waals surface area contributed by atoms with Crippen LogP contribution in [0.5, 0.6) is 0 Å². The van der Waals surface area contributed by atoms with Gasteiger partial charge in [-0.25, -0.2) is 14.8 Å². The van der Waals surface area contributed by atoms with Gasteiger partial charge in [0.05, 0.1) is 17.4 Å². The first kappa shape index (κ1) is 14.4. The van der Waals surface area contributed by atoms with E-state index in [0.29, 0.717) is 0 Å². The smallest absolute Gasteiger partial charge is 0.138 e. The van der Waals surface area contributed by atoms with E-state index in [1.165, 1.54) is 17.8 Å². The number of halogens is 1. The fourth-order valence-electron chi connectivity index (χ4n) is 3.52. The number of nitrogens with one attached hydrogen (secondary N) is 3. The van der Waals surface area contributed by atoms with Crippen LogP contribution in [0.3, 0.4) is 0 Å². The Labute approximate surface area is 144 Å². The number of aryl methyl sites for hydroxylation is 1. The van der Waals surface area contributed by atoms with Crippen molar-refractivity contribution in [1.29, 1.82) is 0 Å². The molecule has 1 aromatic heterocycles. The Bertz CT molecular complexity index is 972. The maximum absolute atomic E-state index is 13.2. The molecule has 2 aromatic carbocycles. The average Bonchev–Trinajstić information content (AvgIpc) is 3.26. The Morgan fingerprint density at radius 1 is 1.08 bits per heavy atom. The van der Waals surface area contributed by atoms with Gasteiger partial charge in [-0.15, -0.1) is 0 Å². The Morgan fingerprint density at radius 3 is 2.80 bits per heavy atom. The van der Waals surface area contributed by atoms with E-state index in [9.17, 15) is 4.39 Å². The van der Waals surface area contributed by atoms with Gasteiger partial charge in [-0.2, -0.15) is 0 Å². The number of H-pyrrole nitrogens is 1. The van der Waals surface area contributed by atoms with Crippen LogP contribution >= 0.6 is 0 Å². The second kappa shape index (κ2) is 5.57. The number of allylic oxidation sites excluding steroid dienone is 1. The lowest BCUT2D eigenvalue weighted by Crippen LogP contribution is -2.19. The highest BCUT2D eigenvalue weighted by molar-refractivity contribution is 5.69. The number of benzene rings is 2. The summed E-state index contributed by atoms with van der Waals surface area (Å²) in [6.45, 7) is 0. The lowest BCUT2D eigenvalue weighted by molar-refractivity contribution is 0.625. The summed E-state index contributed by atoms with van der Waals surface area (Å²) in [5, 5.41) is 0. The molecule has 5 heteroatoms. The minimum absolute atomic E-state index is 0.0139. The van der Waals surface area contributed by atoms with E-state index in [2.05, 4.69) is 46.2 Å². The number of hydrazine groups is 1.